The fourth-order valence-corrected chi connectivity index (χ4v) is 3.84. The second-order valence-electron chi connectivity index (χ2n) is 6.94. The number of aromatic nitrogens is 4. The van der Waals surface area contributed by atoms with Crippen LogP contribution in [0.2, 0.25) is 0 Å². The number of benzene rings is 1. The number of anilines is 1. The Labute approximate surface area is 138 Å². The van der Waals surface area contributed by atoms with Gasteiger partial charge in [-0.3, -0.25) is 0 Å². The SMILES string of the molecule is NCc1cccc(-c2cn3nc(O)nc3c(NC34CC(C3)C4)n2)c1. The van der Waals surface area contributed by atoms with E-state index in [4.69, 9.17) is 10.7 Å². The summed E-state index contributed by atoms with van der Waals surface area (Å²) >= 11 is 0. The molecule has 3 aromatic rings. The molecule has 0 aliphatic heterocycles. The average Bonchev–Trinajstić information content (AvgIpc) is 2.89. The van der Waals surface area contributed by atoms with Gasteiger partial charge in [-0.2, -0.15) is 4.98 Å². The minimum atomic E-state index is -0.245. The van der Waals surface area contributed by atoms with Crippen molar-refractivity contribution in [1.29, 1.82) is 0 Å². The summed E-state index contributed by atoms with van der Waals surface area (Å²) in [5.41, 5.74) is 9.25. The highest BCUT2D eigenvalue weighted by atomic mass is 16.3. The van der Waals surface area contributed by atoms with E-state index in [1.165, 1.54) is 19.3 Å². The number of nitrogens with zero attached hydrogens (tertiary/aromatic N) is 4. The molecule has 24 heavy (non-hydrogen) atoms. The summed E-state index contributed by atoms with van der Waals surface area (Å²) in [5.74, 6) is 1.54. The minimum Gasteiger partial charge on any atom is -0.478 e. The van der Waals surface area contributed by atoms with Crippen molar-refractivity contribution >= 4 is 11.5 Å². The van der Waals surface area contributed by atoms with E-state index in [0.29, 0.717) is 18.0 Å². The first kappa shape index (κ1) is 13.7. The fourth-order valence-electron chi connectivity index (χ4n) is 3.84. The molecule has 0 spiro atoms. The zero-order valence-electron chi connectivity index (χ0n) is 13.1. The fraction of sp³-hybridized carbons (Fsp3) is 0.353. The van der Waals surface area contributed by atoms with Gasteiger partial charge in [0.2, 0.25) is 5.65 Å². The molecule has 4 N–H and O–H groups in total. The number of nitrogens with one attached hydrogen (secondary N) is 1. The van der Waals surface area contributed by atoms with E-state index in [2.05, 4.69) is 15.4 Å². The second kappa shape index (κ2) is 4.67. The topological polar surface area (TPSA) is 101 Å². The highest BCUT2D eigenvalue weighted by Gasteiger charge is 2.57. The molecule has 2 heterocycles. The van der Waals surface area contributed by atoms with Gasteiger partial charge in [-0.1, -0.05) is 18.2 Å². The van der Waals surface area contributed by atoms with Gasteiger partial charge in [0.05, 0.1) is 11.9 Å². The van der Waals surface area contributed by atoms with Gasteiger partial charge in [-0.05, 0) is 36.8 Å². The van der Waals surface area contributed by atoms with Gasteiger partial charge in [0, 0.05) is 17.6 Å². The summed E-state index contributed by atoms with van der Waals surface area (Å²) in [6.45, 7) is 0.482. The van der Waals surface area contributed by atoms with Crippen molar-refractivity contribution < 1.29 is 5.11 Å². The molecule has 1 aromatic carbocycles. The monoisotopic (exact) mass is 322 g/mol. The lowest BCUT2D eigenvalue weighted by molar-refractivity contribution is 0.00189. The van der Waals surface area contributed by atoms with Crippen LogP contribution in [-0.2, 0) is 6.54 Å². The lowest BCUT2D eigenvalue weighted by Gasteiger charge is -2.62. The zero-order valence-corrected chi connectivity index (χ0v) is 13.1. The number of hydrogen-bond acceptors (Lipinski definition) is 6. The number of aromatic hydroxyl groups is 1. The van der Waals surface area contributed by atoms with E-state index in [-0.39, 0.29) is 11.5 Å². The Balaban J connectivity index is 1.63. The van der Waals surface area contributed by atoms with E-state index in [1.54, 1.807) is 10.7 Å². The van der Waals surface area contributed by atoms with Crippen LogP contribution in [0.4, 0.5) is 5.82 Å². The van der Waals surface area contributed by atoms with Gasteiger partial charge in [0.15, 0.2) is 5.82 Å². The van der Waals surface area contributed by atoms with E-state index >= 15 is 0 Å². The van der Waals surface area contributed by atoms with Crippen molar-refractivity contribution in [3.63, 3.8) is 0 Å². The van der Waals surface area contributed by atoms with Crippen LogP contribution in [0.1, 0.15) is 24.8 Å². The molecule has 122 valence electrons. The molecule has 0 radical (unpaired) electrons. The van der Waals surface area contributed by atoms with E-state index in [1.807, 2.05) is 24.3 Å². The Morgan fingerprint density at radius 2 is 2.12 bits per heavy atom. The van der Waals surface area contributed by atoms with Crippen LogP contribution in [0.5, 0.6) is 6.01 Å². The van der Waals surface area contributed by atoms with Crippen LogP contribution in [0.3, 0.4) is 0 Å². The second-order valence-corrected chi connectivity index (χ2v) is 6.94. The Morgan fingerprint density at radius 1 is 1.29 bits per heavy atom. The van der Waals surface area contributed by atoms with E-state index in [0.717, 1.165) is 22.7 Å². The molecule has 7 nitrogen and oxygen atoms in total. The molecule has 2 bridgehead atoms. The van der Waals surface area contributed by atoms with Crippen molar-refractivity contribution in [1.82, 2.24) is 19.6 Å². The molecule has 6 rings (SSSR count). The quantitative estimate of drug-likeness (QED) is 0.678. The molecule has 3 aliphatic rings. The van der Waals surface area contributed by atoms with Gasteiger partial charge in [0.1, 0.15) is 0 Å². The Hall–Kier alpha value is -2.67. The Kier molecular flexibility index (Phi) is 2.67. The van der Waals surface area contributed by atoms with Crippen molar-refractivity contribution in [2.75, 3.05) is 5.32 Å². The van der Waals surface area contributed by atoms with Crippen LogP contribution >= 0.6 is 0 Å². The number of hydrogen-bond donors (Lipinski definition) is 3. The first-order valence-electron chi connectivity index (χ1n) is 8.18. The van der Waals surface area contributed by atoms with Crippen molar-refractivity contribution in [2.45, 2.75) is 31.3 Å². The van der Waals surface area contributed by atoms with Crippen LogP contribution in [0, 0.1) is 5.92 Å². The summed E-state index contributed by atoms with van der Waals surface area (Å²) in [5, 5.41) is 17.3. The van der Waals surface area contributed by atoms with E-state index < -0.39 is 0 Å². The molecular formula is C17H18N6O. The van der Waals surface area contributed by atoms with Crippen LogP contribution in [0.15, 0.2) is 30.5 Å². The molecular weight excluding hydrogens is 304 g/mol. The Bertz CT molecular complexity index is 932. The molecule has 3 aliphatic carbocycles. The van der Waals surface area contributed by atoms with Gasteiger partial charge in [-0.15, -0.1) is 5.10 Å². The first-order chi connectivity index (χ1) is 11.6. The molecule has 0 atom stereocenters. The molecule has 3 fully saturated rings. The van der Waals surface area contributed by atoms with Gasteiger partial charge < -0.3 is 16.2 Å². The summed E-state index contributed by atoms with van der Waals surface area (Å²) in [4.78, 5) is 8.87. The highest BCUT2D eigenvalue weighted by Crippen LogP contribution is 2.58. The molecule has 0 amide bonds. The van der Waals surface area contributed by atoms with Crippen LogP contribution in [0.25, 0.3) is 16.9 Å². The predicted octanol–water partition coefficient (Wildman–Crippen LogP) is 1.92. The predicted molar refractivity (Wildman–Crippen MR) is 89.5 cm³/mol. The zero-order chi connectivity index (χ0) is 16.3. The third-order valence-corrected chi connectivity index (χ3v) is 5.19. The number of nitrogens with two attached hydrogens (primary N) is 1. The van der Waals surface area contributed by atoms with Gasteiger partial charge in [-0.25, -0.2) is 9.50 Å². The average molecular weight is 322 g/mol. The number of fused-ring (bicyclic) bond motifs is 1. The standard InChI is InChI=1S/C17H18N6O/c18-8-10-2-1-3-12(4-10)13-9-23-15(20-16(24)22-23)14(19-13)21-17-5-11(6-17)7-17/h1-4,9,11H,5-8,18H2,(H,19,21)(H,22,24). The largest absolute Gasteiger partial charge is 0.478 e. The molecule has 3 saturated carbocycles. The molecule has 2 aromatic heterocycles. The summed E-state index contributed by atoms with van der Waals surface area (Å²) in [7, 11) is 0. The lowest BCUT2D eigenvalue weighted by atomic mass is 9.50. The van der Waals surface area contributed by atoms with Crippen LogP contribution in [-0.4, -0.2) is 30.2 Å². The third-order valence-electron chi connectivity index (χ3n) is 5.19. The first-order valence-corrected chi connectivity index (χ1v) is 8.18. The summed E-state index contributed by atoms with van der Waals surface area (Å²) in [6, 6.07) is 7.73. The van der Waals surface area contributed by atoms with Gasteiger partial charge in [0.25, 0.3) is 0 Å². The molecule has 7 heteroatoms. The van der Waals surface area contributed by atoms with Crippen LogP contribution < -0.4 is 11.1 Å². The van der Waals surface area contributed by atoms with Gasteiger partial charge >= 0.3 is 6.01 Å². The smallest absolute Gasteiger partial charge is 0.333 e. The normalized spacial score (nSPS) is 24.5. The minimum absolute atomic E-state index is 0.164. The summed E-state index contributed by atoms with van der Waals surface area (Å²) < 4.78 is 1.58. The molecule has 0 unspecified atom stereocenters. The maximum absolute atomic E-state index is 9.69. The highest BCUT2D eigenvalue weighted by molar-refractivity contribution is 5.70. The lowest BCUT2D eigenvalue weighted by Crippen LogP contribution is -2.63. The molecule has 0 saturated heterocycles. The number of rotatable bonds is 4. The Morgan fingerprint density at radius 3 is 2.83 bits per heavy atom. The van der Waals surface area contributed by atoms with Crippen molar-refractivity contribution in [3.05, 3.63) is 36.0 Å². The van der Waals surface area contributed by atoms with Crippen molar-refractivity contribution in [2.24, 2.45) is 11.7 Å². The maximum Gasteiger partial charge on any atom is 0.333 e. The van der Waals surface area contributed by atoms with Crippen molar-refractivity contribution in [3.8, 4) is 17.3 Å². The maximum atomic E-state index is 9.69. The summed E-state index contributed by atoms with van der Waals surface area (Å²) in [6.07, 6.45) is 5.35. The third kappa shape index (κ3) is 1.98. The van der Waals surface area contributed by atoms with E-state index in [9.17, 15) is 5.11 Å².